The molecule has 106 valence electrons. The van der Waals surface area contributed by atoms with Gasteiger partial charge in [0, 0.05) is 24.5 Å². The number of hydrogen-bond donors (Lipinski definition) is 1. The van der Waals surface area contributed by atoms with Crippen LogP contribution in [0.25, 0.3) is 0 Å². The van der Waals surface area contributed by atoms with E-state index in [0.717, 1.165) is 36.6 Å². The topological polar surface area (TPSA) is 42.2 Å². The molecule has 0 radical (unpaired) electrons. The summed E-state index contributed by atoms with van der Waals surface area (Å²) in [6.07, 6.45) is 4.47. The van der Waals surface area contributed by atoms with Gasteiger partial charge in [0.2, 0.25) is 0 Å². The van der Waals surface area contributed by atoms with Crippen molar-refractivity contribution in [1.29, 1.82) is 0 Å². The molecule has 3 rings (SSSR count). The van der Waals surface area contributed by atoms with Crippen molar-refractivity contribution in [3.05, 3.63) is 46.5 Å². The minimum atomic E-state index is 0.145. The lowest BCUT2D eigenvalue weighted by atomic mass is 9.99. The van der Waals surface area contributed by atoms with E-state index >= 15 is 0 Å². The van der Waals surface area contributed by atoms with Crippen molar-refractivity contribution in [2.24, 2.45) is 5.73 Å². The zero-order valence-electron chi connectivity index (χ0n) is 11.9. The highest BCUT2D eigenvalue weighted by molar-refractivity contribution is 7.15. The van der Waals surface area contributed by atoms with E-state index in [0.29, 0.717) is 0 Å². The standard InChI is InChI=1S/C16H21N3S/c1-19(11-10-12-6-3-2-4-7-12)16-18-15-13(17)8-5-9-14(15)20-16/h2-4,6-7,13H,5,8-11,17H2,1H3. The lowest BCUT2D eigenvalue weighted by Crippen LogP contribution is -2.20. The molecule has 2 N–H and O–H groups in total. The summed E-state index contributed by atoms with van der Waals surface area (Å²) >= 11 is 1.82. The van der Waals surface area contributed by atoms with Crippen LogP contribution in [0, 0.1) is 0 Å². The first kappa shape index (κ1) is 13.6. The van der Waals surface area contributed by atoms with E-state index in [-0.39, 0.29) is 6.04 Å². The van der Waals surface area contributed by atoms with Crippen molar-refractivity contribution in [1.82, 2.24) is 4.98 Å². The number of nitrogens with two attached hydrogens (primary N) is 1. The molecule has 1 aromatic heterocycles. The molecule has 20 heavy (non-hydrogen) atoms. The quantitative estimate of drug-likeness (QED) is 0.939. The molecule has 3 nitrogen and oxygen atoms in total. The van der Waals surface area contributed by atoms with Crippen LogP contribution in [0.4, 0.5) is 5.13 Å². The second-order valence-electron chi connectivity index (χ2n) is 5.46. The predicted octanol–water partition coefficient (Wildman–Crippen LogP) is 3.16. The number of anilines is 1. The van der Waals surface area contributed by atoms with Gasteiger partial charge in [-0.05, 0) is 31.2 Å². The summed E-state index contributed by atoms with van der Waals surface area (Å²) in [5, 5.41) is 1.11. The molecule has 0 saturated heterocycles. The maximum absolute atomic E-state index is 6.15. The number of nitrogens with zero attached hydrogens (tertiary/aromatic N) is 2. The monoisotopic (exact) mass is 287 g/mol. The highest BCUT2D eigenvalue weighted by atomic mass is 32.1. The highest BCUT2D eigenvalue weighted by Gasteiger charge is 2.22. The molecule has 4 heteroatoms. The summed E-state index contributed by atoms with van der Waals surface area (Å²) in [6.45, 7) is 0.992. The van der Waals surface area contributed by atoms with Crippen LogP contribution in [-0.4, -0.2) is 18.6 Å². The van der Waals surface area contributed by atoms with Gasteiger partial charge < -0.3 is 10.6 Å². The zero-order valence-corrected chi connectivity index (χ0v) is 12.7. The molecular weight excluding hydrogens is 266 g/mol. The molecule has 1 heterocycles. The van der Waals surface area contributed by atoms with E-state index in [9.17, 15) is 0 Å². The second kappa shape index (κ2) is 5.94. The van der Waals surface area contributed by atoms with Crippen LogP contribution in [0.5, 0.6) is 0 Å². The van der Waals surface area contributed by atoms with Crippen LogP contribution < -0.4 is 10.6 Å². The fourth-order valence-electron chi connectivity index (χ4n) is 2.64. The van der Waals surface area contributed by atoms with E-state index in [1.165, 1.54) is 16.9 Å². The Hall–Kier alpha value is -1.39. The summed E-state index contributed by atoms with van der Waals surface area (Å²) in [6, 6.07) is 10.7. The first-order valence-corrected chi connectivity index (χ1v) is 8.06. The SMILES string of the molecule is CN(CCc1ccccc1)c1nc2c(s1)CCCC2N. The molecule has 0 amide bonds. The Morgan fingerprint density at radius 3 is 2.90 bits per heavy atom. The van der Waals surface area contributed by atoms with Gasteiger partial charge in [-0.3, -0.25) is 0 Å². The summed E-state index contributed by atoms with van der Waals surface area (Å²) in [5.74, 6) is 0. The average Bonchev–Trinajstić information content (AvgIpc) is 2.91. The Morgan fingerprint density at radius 1 is 1.35 bits per heavy atom. The number of likely N-dealkylation sites (N-methyl/N-ethyl adjacent to an activating group) is 1. The molecule has 0 saturated carbocycles. The molecule has 0 bridgehead atoms. The maximum atomic E-state index is 6.15. The second-order valence-corrected chi connectivity index (χ2v) is 6.52. The molecule has 0 fully saturated rings. The van der Waals surface area contributed by atoms with Crippen molar-refractivity contribution in [2.45, 2.75) is 31.7 Å². The van der Waals surface area contributed by atoms with E-state index in [1.54, 1.807) is 0 Å². The number of aromatic nitrogens is 1. The van der Waals surface area contributed by atoms with Crippen LogP contribution in [-0.2, 0) is 12.8 Å². The Balaban J connectivity index is 1.67. The van der Waals surface area contributed by atoms with Crippen LogP contribution in [0.15, 0.2) is 30.3 Å². The van der Waals surface area contributed by atoms with E-state index in [4.69, 9.17) is 10.7 Å². The molecule has 1 atom stereocenters. The Labute approximate surface area is 124 Å². The van der Waals surface area contributed by atoms with Crippen LogP contribution in [0.1, 0.15) is 35.0 Å². The third kappa shape index (κ3) is 2.86. The number of hydrogen-bond acceptors (Lipinski definition) is 4. The van der Waals surface area contributed by atoms with E-state index < -0.39 is 0 Å². The van der Waals surface area contributed by atoms with Crippen LogP contribution >= 0.6 is 11.3 Å². The molecule has 1 unspecified atom stereocenters. The summed E-state index contributed by atoms with van der Waals surface area (Å²) < 4.78 is 0. The molecule has 2 aromatic rings. The van der Waals surface area contributed by atoms with Crippen molar-refractivity contribution in [3.8, 4) is 0 Å². The lowest BCUT2D eigenvalue weighted by molar-refractivity contribution is 0.563. The van der Waals surface area contributed by atoms with Crippen molar-refractivity contribution >= 4 is 16.5 Å². The van der Waals surface area contributed by atoms with Crippen molar-refractivity contribution in [3.63, 3.8) is 0 Å². The number of aryl methyl sites for hydroxylation is 1. The molecular formula is C16H21N3S. The van der Waals surface area contributed by atoms with Gasteiger partial charge in [0.15, 0.2) is 5.13 Å². The number of thiazole rings is 1. The van der Waals surface area contributed by atoms with Gasteiger partial charge in [-0.1, -0.05) is 30.3 Å². The number of fused-ring (bicyclic) bond motifs is 1. The molecule has 1 aliphatic carbocycles. The lowest BCUT2D eigenvalue weighted by Gasteiger charge is -2.16. The van der Waals surface area contributed by atoms with Gasteiger partial charge in [0.1, 0.15) is 0 Å². The average molecular weight is 287 g/mol. The van der Waals surface area contributed by atoms with E-state index in [1.807, 2.05) is 11.3 Å². The molecule has 0 spiro atoms. The van der Waals surface area contributed by atoms with Gasteiger partial charge in [0.25, 0.3) is 0 Å². The number of benzene rings is 1. The van der Waals surface area contributed by atoms with Gasteiger partial charge in [0.05, 0.1) is 5.69 Å². The van der Waals surface area contributed by atoms with Gasteiger partial charge in [-0.2, -0.15) is 0 Å². The third-order valence-corrected chi connectivity index (χ3v) is 5.14. The number of rotatable bonds is 4. The molecule has 1 aliphatic rings. The van der Waals surface area contributed by atoms with Crippen molar-refractivity contribution in [2.75, 3.05) is 18.5 Å². The zero-order chi connectivity index (χ0) is 13.9. The molecule has 0 aliphatic heterocycles. The van der Waals surface area contributed by atoms with Gasteiger partial charge in [-0.15, -0.1) is 11.3 Å². The fourth-order valence-corrected chi connectivity index (χ4v) is 3.80. The van der Waals surface area contributed by atoms with Crippen molar-refractivity contribution < 1.29 is 0 Å². The maximum Gasteiger partial charge on any atom is 0.185 e. The molecule has 1 aromatic carbocycles. The van der Waals surface area contributed by atoms with Gasteiger partial charge in [-0.25, -0.2) is 4.98 Å². The Morgan fingerprint density at radius 2 is 2.15 bits per heavy atom. The first-order valence-electron chi connectivity index (χ1n) is 7.24. The minimum absolute atomic E-state index is 0.145. The largest absolute Gasteiger partial charge is 0.351 e. The minimum Gasteiger partial charge on any atom is -0.351 e. The highest BCUT2D eigenvalue weighted by Crippen LogP contribution is 2.35. The van der Waals surface area contributed by atoms with Gasteiger partial charge >= 0.3 is 0 Å². The Kier molecular flexibility index (Phi) is 4.03. The predicted molar refractivity (Wildman–Crippen MR) is 85.4 cm³/mol. The Bertz CT molecular complexity index is 564. The van der Waals surface area contributed by atoms with Crippen LogP contribution in [0.2, 0.25) is 0 Å². The summed E-state index contributed by atoms with van der Waals surface area (Å²) in [4.78, 5) is 8.41. The summed E-state index contributed by atoms with van der Waals surface area (Å²) in [7, 11) is 2.12. The first-order chi connectivity index (χ1) is 9.74. The third-order valence-electron chi connectivity index (χ3n) is 3.89. The fraction of sp³-hybridized carbons (Fsp3) is 0.438. The van der Waals surface area contributed by atoms with E-state index in [2.05, 4.69) is 42.3 Å². The summed E-state index contributed by atoms with van der Waals surface area (Å²) in [5.41, 5.74) is 8.66. The van der Waals surface area contributed by atoms with Crippen LogP contribution in [0.3, 0.4) is 0 Å². The smallest absolute Gasteiger partial charge is 0.185 e. The normalized spacial score (nSPS) is 17.8.